The minimum absolute atomic E-state index is 0.0491. The zero-order chi connectivity index (χ0) is 15.8. The van der Waals surface area contributed by atoms with Crippen LogP contribution in [0.4, 0.5) is 4.79 Å². The fraction of sp³-hybridized carbons (Fsp3) is 0.875. The molecular weight excluding hydrogens is 268 g/mol. The molecule has 0 radical (unpaired) electrons. The first-order valence-corrected chi connectivity index (χ1v) is 8.14. The van der Waals surface area contributed by atoms with Gasteiger partial charge in [0.15, 0.2) is 0 Å². The second kappa shape index (κ2) is 8.90. The van der Waals surface area contributed by atoms with Crippen molar-refractivity contribution >= 4 is 12.0 Å². The molecule has 2 unspecified atom stereocenters. The van der Waals surface area contributed by atoms with Gasteiger partial charge in [0, 0.05) is 18.6 Å². The van der Waals surface area contributed by atoms with Crippen molar-refractivity contribution in [2.24, 2.45) is 5.92 Å². The van der Waals surface area contributed by atoms with Gasteiger partial charge < -0.3 is 15.0 Å². The molecule has 21 heavy (non-hydrogen) atoms. The van der Waals surface area contributed by atoms with E-state index in [1.54, 1.807) is 11.8 Å². The molecule has 1 N–H and O–H groups in total. The summed E-state index contributed by atoms with van der Waals surface area (Å²) >= 11 is 0. The molecule has 5 nitrogen and oxygen atoms in total. The molecule has 1 aliphatic rings. The van der Waals surface area contributed by atoms with Gasteiger partial charge in [0.1, 0.15) is 0 Å². The first-order valence-electron chi connectivity index (χ1n) is 8.14. The van der Waals surface area contributed by atoms with Gasteiger partial charge in [0.05, 0.1) is 13.0 Å². The lowest BCUT2D eigenvalue weighted by atomic mass is 9.95. The summed E-state index contributed by atoms with van der Waals surface area (Å²) in [5.74, 6) is -0.574. The molecule has 5 heteroatoms. The van der Waals surface area contributed by atoms with Crippen LogP contribution < -0.4 is 5.32 Å². The number of carbonyl (C=O) groups is 2. The molecular formula is C16H30N2O3. The normalized spacial score (nSPS) is 18.7. The van der Waals surface area contributed by atoms with E-state index in [-0.39, 0.29) is 30.0 Å². The maximum atomic E-state index is 12.5. The molecule has 122 valence electrons. The predicted octanol–water partition coefficient (Wildman–Crippen LogP) is 2.94. The molecule has 2 amide bonds. The van der Waals surface area contributed by atoms with Gasteiger partial charge >= 0.3 is 12.0 Å². The SMILES string of the molecule is CCC(C)N(CC(C)C(=O)OC)C(=O)NC1CCCCC1. The molecule has 0 aromatic heterocycles. The average Bonchev–Trinajstić information content (AvgIpc) is 2.51. The van der Waals surface area contributed by atoms with E-state index in [4.69, 9.17) is 4.74 Å². The number of nitrogens with zero attached hydrogens (tertiary/aromatic N) is 1. The van der Waals surface area contributed by atoms with Crippen LogP contribution in [0, 0.1) is 5.92 Å². The second-order valence-corrected chi connectivity index (χ2v) is 6.12. The Balaban J connectivity index is 2.62. The lowest BCUT2D eigenvalue weighted by Crippen LogP contribution is -2.50. The lowest BCUT2D eigenvalue weighted by molar-refractivity contribution is -0.145. The quantitative estimate of drug-likeness (QED) is 0.767. The third-order valence-corrected chi connectivity index (χ3v) is 4.39. The molecule has 1 aliphatic carbocycles. The minimum Gasteiger partial charge on any atom is -0.469 e. The second-order valence-electron chi connectivity index (χ2n) is 6.12. The summed E-state index contributed by atoms with van der Waals surface area (Å²) in [5, 5.41) is 3.13. The number of methoxy groups -OCH3 is 1. The van der Waals surface area contributed by atoms with Gasteiger partial charge in [-0.15, -0.1) is 0 Å². The van der Waals surface area contributed by atoms with Gasteiger partial charge in [-0.2, -0.15) is 0 Å². The zero-order valence-corrected chi connectivity index (χ0v) is 13.9. The van der Waals surface area contributed by atoms with Crippen LogP contribution in [0.3, 0.4) is 0 Å². The van der Waals surface area contributed by atoms with Crippen molar-refractivity contribution in [3.05, 3.63) is 0 Å². The number of nitrogens with one attached hydrogen (secondary N) is 1. The van der Waals surface area contributed by atoms with Gasteiger partial charge in [-0.3, -0.25) is 4.79 Å². The molecule has 1 rings (SSSR count). The van der Waals surface area contributed by atoms with Crippen LogP contribution in [-0.4, -0.2) is 42.6 Å². The van der Waals surface area contributed by atoms with Crippen LogP contribution in [0.5, 0.6) is 0 Å². The predicted molar refractivity (Wildman–Crippen MR) is 83.0 cm³/mol. The minimum atomic E-state index is -0.305. The number of hydrogen-bond donors (Lipinski definition) is 1. The largest absolute Gasteiger partial charge is 0.469 e. The zero-order valence-electron chi connectivity index (χ0n) is 13.9. The number of carbonyl (C=O) groups excluding carboxylic acids is 2. The third-order valence-electron chi connectivity index (χ3n) is 4.39. The summed E-state index contributed by atoms with van der Waals surface area (Å²) in [6.45, 7) is 6.27. The van der Waals surface area contributed by atoms with Crippen LogP contribution in [0.15, 0.2) is 0 Å². The Labute approximate surface area is 128 Å². The number of esters is 1. The van der Waals surface area contributed by atoms with E-state index in [9.17, 15) is 9.59 Å². The van der Waals surface area contributed by atoms with Gasteiger partial charge in [0.25, 0.3) is 0 Å². The number of ether oxygens (including phenoxy) is 1. The van der Waals surface area contributed by atoms with E-state index < -0.39 is 0 Å². The van der Waals surface area contributed by atoms with Crippen molar-refractivity contribution < 1.29 is 14.3 Å². The van der Waals surface area contributed by atoms with E-state index in [0.29, 0.717) is 6.54 Å². The Bertz CT molecular complexity index is 340. The Morgan fingerprint density at radius 1 is 1.24 bits per heavy atom. The van der Waals surface area contributed by atoms with Crippen molar-refractivity contribution in [2.75, 3.05) is 13.7 Å². The van der Waals surface area contributed by atoms with E-state index in [0.717, 1.165) is 19.3 Å². The summed E-state index contributed by atoms with van der Waals surface area (Å²) in [4.78, 5) is 25.9. The van der Waals surface area contributed by atoms with E-state index in [2.05, 4.69) is 5.32 Å². The highest BCUT2D eigenvalue weighted by atomic mass is 16.5. The Hall–Kier alpha value is -1.26. The van der Waals surface area contributed by atoms with Gasteiger partial charge in [-0.1, -0.05) is 33.1 Å². The molecule has 0 aromatic rings. The Kier molecular flexibility index (Phi) is 7.54. The van der Waals surface area contributed by atoms with Crippen molar-refractivity contribution in [1.29, 1.82) is 0 Å². The molecule has 0 heterocycles. The molecule has 0 bridgehead atoms. The van der Waals surface area contributed by atoms with Crippen LogP contribution >= 0.6 is 0 Å². The monoisotopic (exact) mass is 298 g/mol. The number of amides is 2. The van der Waals surface area contributed by atoms with Crippen LogP contribution in [0.1, 0.15) is 59.3 Å². The maximum Gasteiger partial charge on any atom is 0.317 e. The average molecular weight is 298 g/mol. The summed E-state index contributed by atoms with van der Waals surface area (Å²) < 4.78 is 4.76. The molecule has 1 fully saturated rings. The number of rotatable bonds is 6. The van der Waals surface area contributed by atoms with E-state index in [1.807, 2.05) is 13.8 Å². The van der Waals surface area contributed by atoms with Crippen LogP contribution in [0.25, 0.3) is 0 Å². The van der Waals surface area contributed by atoms with Gasteiger partial charge in [-0.25, -0.2) is 4.79 Å². The molecule has 0 saturated heterocycles. The topological polar surface area (TPSA) is 58.6 Å². The highest BCUT2D eigenvalue weighted by molar-refractivity contribution is 5.77. The Morgan fingerprint density at radius 2 is 1.86 bits per heavy atom. The number of urea groups is 1. The van der Waals surface area contributed by atoms with Gasteiger partial charge in [0.2, 0.25) is 0 Å². The van der Waals surface area contributed by atoms with Crippen molar-refractivity contribution in [2.45, 2.75) is 71.4 Å². The fourth-order valence-electron chi connectivity index (χ4n) is 2.76. The highest BCUT2D eigenvalue weighted by Crippen LogP contribution is 2.18. The van der Waals surface area contributed by atoms with E-state index >= 15 is 0 Å². The van der Waals surface area contributed by atoms with E-state index in [1.165, 1.54) is 26.4 Å². The molecule has 0 aliphatic heterocycles. The first kappa shape index (κ1) is 17.8. The lowest BCUT2D eigenvalue weighted by Gasteiger charge is -2.33. The standard InChI is InChI=1S/C16H30N2O3/c1-5-13(3)18(11-12(2)15(19)21-4)16(20)17-14-9-7-6-8-10-14/h12-14H,5-11H2,1-4H3,(H,17,20). The smallest absolute Gasteiger partial charge is 0.317 e. The molecule has 2 atom stereocenters. The van der Waals surface area contributed by atoms with Crippen molar-refractivity contribution in [3.63, 3.8) is 0 Å². The Morgan fingerprint density at radius 3 is 2.38 bits per heavy atom. The number of hydrogen-bond acceptors (Lipinski definition) is 3. The summed E-state index contributed by atoms with van der Waals surface area (Å²) in [7, 11) is 1.38. The van der Waals surface area contributed by atoms with Crippen LogP contribution in [0.2, 0.25) is 0 Å². The molecule has 0 spiro atoms. The third kappa shape index (κ3) is 5.56. The molecule has 0 aromatic carbocycles. The summed E-state index contributed by atoms with van der Waals surface area (Å²) in [5.41, 5.74) is 0. The highest BCUT2D eigenvalue weighted by Gasteiger charge is 2.26. The summed E-state index contributed by atoms with van der Waals surface area (Å²) in [6.07, 6.45) is 6.63. The first-order chi connectivity index (χ1) is 9.99. The van der Waals surface area contributed by atoms with Crippen molar-refractivity contribution in [3.8, 4) is 0 Å². The fourth-order valence-corrected chi connectivity index (χ4v) is 2.76. The van der Waals surface area contributed by atoms with Crippen LogP contribution in [-0.2, 0) is 9.53 Å². The molecule has 1 saturated carbocycles. The van der Waals surface area contributed by atoms with Gasteiger partial charge in [-0.05, 0) is 26.2 Å². The maximum absolute atomic E-state index is 12.5. The summed E-state index contributed by atoms with van der Waals surface area (Å²) in [6, 6.07) is 0.346. The van der Waals surface area contributed by atoms with Crippen molar-refractivity contribution in [1.82, 2.24) is 10.2 Å².